The molecule has 2 aromatic rings. The van der Waals surface area contributed by atoms with Crippen LogP contribution in [0.15, 0.2) is 36.4 Å². The number of aryl methyl sites for hydroxylation is 1. The Hall–Kier alpha value is -1.59. The van der Waals surface area contributed by atoms with Crippen LogP contribution < -0.4 is 0 Å². The monoisotopic (exact) mass is 298 g/mol. The molecular formula is C16H17F3O2. The third kappa shape index (κ3) is 4.19. The molecule has 0 aliphatic rings. The molecule has 0 aliphatic heterocycles. The zero-order chi connectivity index (χ0) is 15.5. The van der Waals surface area contributed by atoms with Crippen LogP contribution in [-0.4, -0.2) is 24.5 Å². The minimum Gasteiger partial charge on any atom is -0.388 e. The summed E-state index contributed by atoms with van der Waals surface area (Å²) in [7, 11) is 0. The lowest BCUT2D eigenvalue weighted by molar-refractivity contribution is -0.175. The van der Waals surface area contributed by atoms with Crippen LogP contribution in [0.2, 0.25) is 0 Å². The molecule has 1 atom stereocenters. The highest BCUT2D eigenvalue weighted by molar-refractivity contribution is 5.88. The largest absolute Gasteiger partial charge is 0.411 e. The summed E-state index contributed by atoms with van der Waals surface area (Å²) < 4.78 is 40.4. The highest BCUT2D eigenvalue weighted by Gasteiger charge is 2.27. The standard InChI is InChI=1S/C16H17F3O2/c1-11-6-7-14(13-5-3-2-4-12(11)13)15(20)8-9-21-10-16(17,18)19/h2-7,15,20H,8-10H2,1H3. The van der Waals surface area contributed by atoms with Gasteiger partial charge in [-0.3, -0.25) is 0 Å². The molecule has 0 aromatic heterocycles. The Morgan fingerprint density at radius 1 is 1.10 bits per heavy atom. The molecule has 0 radical (unpaired) electrons. The molecule has 5 heteroatoms. The molecule has 2 rings (SSSR count). The quantitative estimate of drug-likeness (QED) is 0.840. The number of alkyl halides is 3. The molecule has 0 saturated heterocycles. The summed E-state index contributed by atoms with van der Waals surface area (Å²) in [6.07, 6.45) is -5.05. The number of ether oxygens (including phenoxy) is 1. The number of halogens is 3. The van der Waals surface area contributed by atoms with Crippen molar-refractivity contribution in [1.82, 2.24) is 0 Å². The second kappa shape index (κ2) is 6.45. The molecule has 2 aromatic carbocycles. The molecule has 21 heavy (non-hydrogen) atoms. The zero-order valence-corrected chi connectivity index (χ0v) is 11.7. The molecule has 1 N–H and O–H groups in total. The Morgan fingerprint density at radius 2 is 1.76 bits per heavy atom. The third-order valence-electron chi connectivity index (χ3n) is 3.34. The number of benzene rings is 2. The molecule has 114 valence electrons. The Kier molecular flexibility index (Phi) is 4.85. The normalized spacial score (nSPS) is 13.6. The van der Waals surface area contributed by atoms with Crippen LogP contribution in [0, 0.1) is 6.92 Å². The molecule has 0 aliphatic carbocycles. The Balaban J connectivity index is 2.06. The van der Waals surface area contributed by atoms with E-state index in [0.29, 0.717) is 5.56 Å². The molecule has 2 nitrogen and oxygen atoms in total. The van der Waals surface area contributed by atoms with Crippen LogP contribution in [0.5, 0.6) is 0 Å². The van der Waals surface area contributed by atoms with Crippen LogP contribution >= 0.6 is 0 Å². The van der Waals surface area contributed by atoms with Crippen LogP contribution in [0.1, 0.15) is 23.7 Å². The van der Waals surface area contributed by atoms with Gasteiger partial charge in [0.05, 0.1) is 6.10 Å². The van der Waals surface area contributed by atoms with Crippen LogP contribution in [0.3, 0.4) is 0 Å². The molecular weight excluding hydrogens is 281 g/mol. The topological polar surface area (TPSA) is 29.5 Å². The van der Waals surface area contributed by atoms with Crippen molar-refractivity contribution in [3.05, 3.63) is 47.5 Å². The molecule has 0 bridgehead atoms. The van der Waals surface area contributed by atoms with Gasteiger partial charge in [-0.15, -0.1) is 0 Å². The number of aliphatic hydroxyl groups is 1. The van der Waals surface area contributed by atoms with Crippen molar-refractivity contribution in [3.63, 3.8) is 0 Å². The number of fused-ring (bicyclic) bond motifs is 1. The molecule has 0 fully saturated rings. The van der Waals surface area contributed by atoms with Crippen molar-refractivity contribution >= 4 is 10.8 Å². The summed E-state index contributed by atoms with van der Waals surface area (Å²) in [6.45, 7) is 0.558. The van der Waals surface area contributed by atoms with Crippen LogP contribution in [-0.2, 0) is 4.74 Å². The van der Waals surface area contributed by atoms with Crippen molar-refractivity contribution in [2.24, 2.45) is 0 Å². The summed E-state index contributed by atoms with van der Waals surface area (Å²) >= 11 is 0. The predicted molar refractivity (Wildman–Crippen MR) is 75.1 cm³/mol. The average molecular weight is 298 g/mol. The van der Waals surface area contributed by atoms with E-state index in [0.717, 1.165) is 16.3 Å². The van der Waals surface area contributed by atoms with Crippen molar-refractivity contribution in [2.45, 2.75) is 25.6 Å². The number of hydrogen-bond donors (Lipinski definition) is 1. The second-order valence-corrected chi connectivity index (χ2v) is 4.99. The lowest BCUT2D eigenvalue weighted by Gasteiger charge is -2.15. The van der Waals surface area contributed by atoms with E-state index in [1.165, 1.54) is 0 Å². The van der Waals surface area contributed by atoms with Gasteiger partial charge >= 0.3 is 6.18 Å². The summed E-state index contributed by atoms with van der Waals surface area (Å²) in [5, 5.41) is 12.1. The van der Waals surface area contributed by atoms with E-state index < -0.39 is 18.9 Å². The molecule has 0 spiro atoms. The van der Waals surface area contributed by atoms with Crippen LogP contribution in [0.4, 0.5) is 13.2 Å². The fraction of sp³-hybridized carbons (Fsp3) is 0.375. The maximum Gasteiger partial charge on any atom is 0.411 e. The van der Waals surface area contributed by atoms with Gasteiger partial charge in [0.15, 0.2) is 0 Å². The second-order valence-electron chi connectivity index (χ2n) is 4.99. The Labute approximate surface area is 121 Å². The molecule has 0 amide bonds. The SMILES string of the molecule is Cc1ccc(C(O)CCOCC(F)(F)F)c2ccccc12. The van der Waals surface area contributed by atoms with E-state index in [4.69, 9.17) is 0 Å². The van der Waals surface area contributed by atoms with Gasteiger partial charge in [0, 0.05) is 13.0 Å². The Morgan fingerprint density at radius 3 is 2.43 bits per heavy atom. The summed E-state index contributed by atoms with van der Waals surface area (Å²) in [5.41, 5.74) is 1.81. The third-order valence-corrected chi connectivity index (χ3v) is 3.34. The lowest BCUT2D eigenvalue weighted by Crippen LogP contribution is -2.18. The fourth-order valence-corrected chi connectivity index (χ4v) is 2.30. The van der Waals surface area contributed by atoms with Gasteiger partial charge in [-0.05, 0) is 28.8 Å². The zero-order valence-electron chi connectivity index (χ0n) is 11.7. The number of hydrogen-bond acceptors (Lipinski definition) is 2. The number of rotatable bonds is 5. The summed E-state index contributed by atoms with van der Waals surface area (Å²) in [5.74, 6) is 0. The minimum absolute atomic E-state index is 0.128. The maximum atomic E-state index is 12.0. The van der Waals surface area contributed by atoms with Crippen LogP contribution in [0.25, 0.3) is 10.8 Å². The average Bonchev–Trinajstić information content (AvgIpc) is 2.43. The van der Waals surface area contributed by atoms with Gasteiger partial charge in [-0.2, -0.15) is 13.2 Å². The fourth-order valence-electron chi connectivity index (χ4n) is 2.30. The Bertz CT molecular complexity index is 608. The lowest BCUT2D eigenvalue weighted by atomic mass is 9.96. The number of aliphatic hydroxyl groups excluding tert-OH is 1. The summed E-state index contributed by atoms with van der Waals surface area (Å²) in [4.78, 5) is 0. The van der Waals surface area contributed by atoms with Gasteiger partial charge in [-0.1, -0.05) is 36.4 Å². The van der Waals surface area contributed by atoms with Crippen molar-refractivity contribution in [2.75, 3.05) is 13.2 Å². The van der Waals surface area contributed by atoms with Crippen molar-refractivity contribution < 1.29 is 23.0 Å². The predicted octanol–water partition coefficient (Wildman–Crippen LogP) is 4.15. The van der Waals surface area contributed by atoms with E-state index in [9.17, 15) is 18.3 Å². The molecule has 1 unspecified atom stereocenters. The van der Waals surface area contributed by atoms with Gasteiger partial charge in [-0.25, -0.2) is 0 Å². The first-order chi connectivity index (χ1) is 9.88. The summed E-state index contributed by atoms with van der Waals surface area (Å²) in [6, 6.07) is 11.4. The first-order valence-electron chi connectivity index (χ1n) is 6.69. The van der Waals surface area contributed by atoms with Crippen molar-refractivity contribution in [3.8, 4) is 0 Å². The first kappa shape index (κ1) is 15.8. The smallest absolute Gasteiger partial charge is 0.388 e. The minimum atomic E-state index is -4.33. The van der Waals surface area contributed by atoms with Gasteiger partial charge in [0.1, 0.15) is 6.61 Å². The van der Waals surface area contributed by atoms with Gasteiger partial charge in [0.25, 0.3) is 0 Å². The van der Waals surface area contributed by atoms with E-state index >= 15 is 0 Å². The van der Waals surface area contributed by atoms with E-state index in [-0.39, 0.29) is 13.0 Å². The van der Waals surface area contributed by atoms with Gasteiger partial charge in [0.2, 0.25) is 0 Å². The highest BCUT2D eigenvalue weighted by atomic mass is 19.4. The first-order valence-corrected chi connectivity index (χ1v) is 6.69. The van der Waals surface area contributed by atoms with E-state index in [2.05, 4.69) is 4.74 Å². The van der Waals surface area contributed by atoms with Gasteiger partial charge < -0.3 is 9.84 Å². The van der Waals surface area contributed by atoms with E-state index in [1.54, 1.807) is 0 Å². The highest BCUT2D eigenvalue weighted by Crippen LogP contribution is 2.28. The molecule has 0 saturated carbocycles. The maximum absolute atomic E-state index is 12.0. The molecule has 0 heterocycles. The van der Waals surface area contributed by atoms with E-state index in [1.807, 2.05) is 43.3 Å². The van der Waals surface area contributed by atoms with Crippen molar-refractivity contribution in [1.29, 1.82) is 0 Å².